The van der Waals surface area contributed by atoms with Crippen molar-refractivity contribution < 1.29 is 14.3 Å². The van der Waals surface area contributed by atoms with Gasteiger partial charge in [-0.25, -0.2) is 4.39 Å². The molecular formula is C15H12ClFN2O2. The standard InChI is InChI=1S/C15H12ClFN2O2/c16-7-5-11-8(12(17)6-7)1-2-9(11)13-14(20)10(15(18)21)3-4-19-13/h3-6,9,20H,1-2H2,(H2,18,21)/t9-/m1/s1. The molecule has 0 unspecified atom stereocenters. The van der Waals surface area contributed by atoms with Gasteiger partial charge in [-0.05, 0) is 42.2 Å². The number of primary amides is 1. The minimum Gasteiger partial charge on any atom is -0.505 e. The molecule has 3 rings (SSSR count). The molecule has 2 aromatic rings. The molecule has 1 aromatic carbocycles. The number of aromatic nitrogens is 1. The number of rotatable bonds is 2. The van der Waals surface area contributed by atoms with Crippen LogP contribution in [-0.2, 0) is 6.42 Å². The van der Waals surface area contributed by atoms with Crippen LogP contribution in [0, 0.1) is 5.82 Å². The predicted octanol–water partition coefficient (Wildman–Crippen LogP) is 2.76. The smallest absolute Gasteiger partial charge is 0.252 e. The second-order valence-electron chi connectivity index (χ2n) is 5.00. The van der Waals surface area contributed by atoms with Gasteiger partial charge in [0.25, 0.3) is 5.91 Å². The molecule has 1 amide bonds. The summed E-state index contributed by atoms with van der Waals surface area (Å²) in [6.45, 7) is 0. The van der Waals surface area contributed by atoms with Crippen LogP contribution in [-0.4, -0.2) is 16.0 Å². The van der Waals surface area contributed by atoms with Gasteiger partial charge in [-0.15, -0.1) is 0 Å². The minimum atomic E-state index is -0.730. The van der Waals surface area contributed by atoms with Gasteiger partial charge in [0.2, 0.25) is 0 Å². The Balaban J connectivity index is 2.14. The van der Waals surface area contributed by atoms with Crippen LogP contribution in [0.3, 0.4) is 0 Å². The van der Waals surface area contributed by atoms with E-state index in [1.54, 1.807) is 6.07 Å². The molecule has 1 aliphatic rings. The molecule has 108 valence electrons. The molecule has 1 aliphatic carbocycles. The molecule has 6 heteroatoms. The van der Waals surface area contributed by atoms with Crippen molar-refractivity contribution in [2.24, 2.45) is 5.73 Å². The lowest BCUT2D eigenvalue weighted by molar-refractivity contribution is 0.0997. The van der Waals surface area contributed by atoms with Gasteiger partial charge in [-0.1, -0.05) is 11.6 Å². The fraction of sp³-hybridized carbons (Fsp3) is 0.200. The first-order valence-electron chi connectivity index (χ1n) is 6.44. The monoisotopic (exact) mass is 306 g/mol. The summed E-state index contributed by atoms with van der Waals surface area (Å²) in [5.74, 6) is -1.63. The van der Waals surface area contributed by atoms with Crippen molar-refractivity contribution in [1.82, 2.24) is 4.98 Å². The third-order valence-corrected chi connectivity index (χ3v) is 4.02. The molecule has 21 heavy (non-hydrogen) atoms. The van der Waals surface area contributed by atoms with E-state index in [1.807, 2.05) is 0 Å². The molecule has 0 aliphatic heterocycles. The largest absolute Gasteiger partial charge is 0.505 e. The van der Waals surface area contributed by atoms with Crippen LogP contribution in [0.25, 0.3) is 0 Å². The third kappa shape index (κ3) is 2.23. The number of nitrogens with zero attached hydrogens (tertiary/aromatic N) is 1. The van der Waals surface area contributed by atoms with Crippen molar-refractivity contribution >= 4 is 17.5 Å². The number of halogens is 2. The van der Waals surface area contributed by atoms with Crippen LogP contribution in [0.15, 0.2) is 24.4 Å². The van der Waals surface area contributed by atoms with Crippen LogP contribution in [0.2, 0.25) is 5.02 Å². The number of carbonyl (C=O) groups is 1. The summed E-state index contributed by atoms with van der Waals surface area (Å²) in [5, 5.41) is 10.5. The van der Waals surface area contributed by atoms with Gasteiger partial charge in [0.1, 0.15) is 11.6 Å². The van der Waals surface area contributed by atoms with E-state index < -0.39 is 5.91 Å². The number of hydrogen-bond donors (Lipinski definition) is 2. The van der Waals surface area contributed by atoms with E-state index in [1.165, 1.54) is 18.3 Å². The lowest BCUT2D eigenvalue weighted by Crippen LogP contribution is -2.13. The van der Waals surface area contributed by atoms with Gasteiger partial charge in [0.05, 0.1) is 11.3 Å². The van der Waals surface area contributed by atoms with Crippen molar-refractivity contribution in [1.29, 1.82) is 0 Å². The van der Waals surface area contributed by atoms with Gasteiger partial charge in [0, 0.05) is 17.1 Å². The molecule has 1 heterocycles. The van der Waals surface area contributed by atoms with Crippen LogP contribution in [0.5, 0.6) is 5.75 Å². The summed E-state index contributed by atoms with van der Waals surface area (Å²) >= 11 is 5.91. The fourth-order valence-corrected chi connectivity index (χ4v) is 3.06. The van der Waals surface area contributed by atoms with E-state index in [-0.39, 0.29) is 23.0 Å². The Morgan fingerprint density at radius 1 is 1.48 bits per heavy atom. The number of amides is 1. The molecular weight excluding hydrogens is 295 g/mol. The quantitative estimate of drug-likeness (QED) is 0.895. The van der Waals surface area contributed by atoms with Gasteiger partial charge in [0.15, 0.2) is 0 Å². The average molecular weight is 307 g/mol. The maximum Gasteiger partial charge on any atom is 0.252 e. The molecule has 0 saturated carbocycles. The SMILES string of the molecule is NC(=O)c1ccnc([C@@H]2CCc3c(F)cc(Cl)cc32)c1O. The lowest BCUT2D eigenvalue weighted by Gasteiger charge is -2.14. The van der Waals surface area contributed by atoms with Crippen molar-refractivity contribution in [2.45, 2.75) is 18.8 Å². The van der Waals surface area contributed by atoms with Crippen molar-refractivity contribution in [2.75, 3.05) is 0 Å². The van der Waals surface area contributed by atoms with E-state index in [0.29, 0.717) is 34.7 Å². The Morgan fingerprint density at radius 3 is 2.95 bits per heavy atom. The van der Waals surface area contributed by atoms with Gasteiger partial charge in [-0.3, -0.25) is 9.78 Å². The molecule has 4 nitrogen and oxygen atoms in total. The molecule has 0 radical (unpaired) electrons. The first kappa shape index (κ1) is 13.8. The maximum atomic E-state index is 13.9. The zero-order chi connectivity index (χ0) is 15.1. The van der Waals surface area contributed by atoms with Crippen LogP contribution >= 0.6 is 11.6 Å². The van der Waals surface area contributed by atoms with E-state index in [9.17, 15) is 14.3 Å². The first-order valence-corrected chi connectivity index (χ1v) is 6.82. The van der Waals surface area contributed by atoms with Crippen molar-refractivity contribution in [3.63, 3.8) is 0 Å². The zero-order valence-corrected chi connectivity index (χ0v) is 11.7. The average Bonchev–Trinajstić information content (AvgIpc) is 2.82. The maximum absolute atomic E-state index is 13.9. The summed E-state index contributed by atoms with van der Waals surface area (Å²) in [6.07, 6.45) is 2.54. The molecule has 0 saturated heterocycles. The molecule has 1 aromatic heterocycles. The van der Waals surface area contributed by atoms with E-state index in [4.69, 9.17) is 17.3 Å². The highest BCUT2D eigenvalue weighted by molar-refractivity contribution is 6.30. The summed E-state index contributed by atoms with van der Waals surface area (Å²) < 4.78 is 13.9. The topological polar surface area (TPSA) is 76.2 Å². The fourth-order valence-electron chi connectivity index (χ4n) is 2.85. The zero-order valence-electron chi connectivity index (χ0n) is 10.9. The van der Waals surface area contributed by atoms with Gasteiger partial charge >= 0.3 is 0 Å². The highest BCUT2D eigenvalue weighted by Gasteiger charge is 2.31. The molecule has 1 atom stereocenters. The first-order chi connectivity index (χ1) is 9.99. The number of carbonyl (C=O) groups excluding carboxylic acids is 1. The second-order valence-corrected chi connectivity index (χ2v) is 5.44. The van der Waals surface area contributed by atoms with E-state index in [2.05, 4.69) is 4.98 Å². The Morgan fingerprint density at radius 2 is 2.24 bits per heavy atom. The van der Waals surface area contributed by atoms with Gasteiger partial charge < -0.3 is 10.8 Å². The third-order valence-electron chi connectivity index (χ3n) is 3.80. The number of benzene rings is 1. The summed E-state index contributed by atoms with van der Waals surface area (Å²) in [7, 11) is 0. The second kappa shape index (κ2) is 5.00. The Bertz CT molecular complexity index is 749. The van der Waals surface area contributed by atoms with Gasteiger partial charge in [-0.2, -0.15) is 0 Å². The molecule has 0 spiro atoms. The molecule has 3 N–H and O–H groups in total. The number of nitrogens with two attached hydrogens (primary N) is 1. The lowest BCUT2D eigenvalue weighted by atomic mass is 9.95. The number of hydrogen-bond acceptors (Lipinski definition) is 3. The Hall–Kier alpha value is -2.14. The number of fused-ring (bicyclic) bond motifs is 1. The minimum absolute atomic E-state index is 0.0101. The predicted molar refractivity (Wildman–Crippen MR) is 76.0 cm³/mol. The number of aromatic hydroxyl groups is 1. The van der Waals surface area contributed by atoms with Crippen molar-refractivity contribution in [3.05, 3.63) is 57.6 Å². The number of pyridine rings is 1. The summed E-state index contributed by atoms with van der Waals surface area (Å²) in [5.41, 5.74) is 6.83. The Kier molecular flexibility index (Phi) is 3.29. The van der Waals surface area contributed by atoms with Crippen LogP contribution in [0.1, 0.15) is 39.5 Å². The Labute approximate surface area is 125 Å². The van der Waals surface area contributed by atoms with E-state index >= 15 is 0 Å². The molecule has 0 bridgehead atoms. The van der Waals surface area contributed by atoms with E-state index in [0.717, 1.165) is 0 Å². The summed E-state index contributed by atoms with van der Waals surface area (Å²) in [4.78, 5) is 15.4. The highest BCUT2D eigenvalue weighted by atomic mass is 35.5. The van der Waals surface area contributed by atoms with Crippen LogP contribution < -0.4 is 5.73 Å². The highest BCUT2D eigenvalue weighted by Crippen LogP contribution is 2.43. The normalized spacial score (nSPS) is 16.8. The molecule has 0 fully saturated rings. The van der Waals surface area contributed by atoms with Crippen LogP contribution in [0.4, 0.5) is 4.39 Å². The van der Waals surface area contributed by atoms with Crippen molar-refractivity contribution in [3.8, 4) is 5.75 Å². The summed E-state index contributed by atoms with van der Waals surface area (Å²) in [6, 6.07) is 4.31.